The van der Waals surface area contributed by atoms with Gasteiger partial charge in [-0.05, 0) is 31.0 Å². The summed E-state index contributed by atoms with van der Waals surface area (Å²) in [7, 11) is 2.01. The zero-order chi connectivity index (χ0) is 18.9. The van der Waals surface area contributed by atoms with Gasteiger partial charge >= 0.3 is 5.97 Å². The van der Waals surface area contributed by atoms with E-state index < -0.39 is 0 Å². The maximum absolute atomic E-state index is 11.6. The van der Waals surface area contributed by atoms with Crippen molar-refractivity contribution in [2.24, 2.45) is 7.05 Å². The molecule has 2 aromatic rings. The second-order valence-electron chi connectivity index (χ2n) is 6.20. The molecule has 0 N–H and O–H groups in total. The number of carbonyl (C=O) groups excluding carboxylic acids is 1. The molecule has 2 rings (SSSR count). The number of halogens is 2. The number of imidazole rings is 1. The second-order valence-corrected chi connectivity index (χ2v) is 6.96. The molecule has 0 aliphatic carbocycles. The third kappa shape index (κ3) is 5.52. The zero-order valence-electron chi connectivity index (χ0n) is 15.5. The van der Waals surface area contributed by atoms with Crippen LogP contribution in [-0.4, -0.2) is 47.0 Å². The first-order valence-corrected chi connectivity index (χ1v) is 10.2. The number of ether oxygens (including phenoxy) is 1. The van der Waals surface area contributed by atoms with E-state index in [0.717, 1.165) is 54.9 Å². The molecule has 0 amide bonds. The monoisotopic (exact) mass is 399 g/mol. The van der Waals surface area contributed by atoms with Crippen molar-refractivity contribution in [1.29, 1.82) is 0 Å². The van der Waals surface area contributed by atoms with E-state index in [1.54, 1.807) is 0 Å². The smallest absolute Gasteiger partial charge is 0.305 e. The number of nitrogens with zero attached hydrogens (tertiary/aromatic N) is 3. The van der Waals surface area contributed by atoms with E-state index in [-0.39, 0.29) is 5.97 Å². The lowest BCUT2D eigenvalue weighted by Gasteiger charge is -2.22. The van der Waals surface area contributed by atoms with Gasteiger partial charge in [0, 0.05) is 50.4 Å². The molecule has 0 aliphatic rings. The topological polar surface area (TPSA) is 47.4 Å². The maximum Gasteiger partial charge on any atom is 0.305 e. The summed E-state index contributed by atoms with van der Waals surface area (Å²) in [6, 6.07) is 6.23. The molecule has 0 radical (unpaired) electrons. The highest BCUT2D eigenvalue weighted by Crippen LogP contribution is 2.23. The van der Waals surface area contributed by atoms with Gasteiger partial charge in [-0.3, -0.25) is 4.79 Å². The van der Waals surface area contributed by atoms with Crippen LogP contribution in [-0.2, 0) is 23.0 Å². The average Bonchev–Trinajstić information content (AvgIpc) is 2.95. The Kier molecular flexibility index (Phi) is 8.52. The molecular weight excluding hydrogens is 373 g/mol. The predicted octanol–water partition coefficient (Wildman–Crippen LogP) is 4.13. The molecule has 0 bridgehead atoms. The van der Waals surface area contributed by atoms with Crippen molar-refractivity contribution in [3.63, 3.8) is 0 Å². The highest BCUT2D eigenvalue weighted by atomic mass is 35.5. The number of rotatable bonds is 11. The number of aromatic nitrogens is 2. The zero-order valence-corrected chi connectivity index (χ0v) is 17.0. The van der Waals surface area contributed by atoms with Crippen molar-refractivity contribution in [3.8, 4) is 0 Å². The van der Waals surface area contributed by atoms with E-state index >= 15 is 0 Å². The van der Waals surface area contributed by atoms with Gasteiger partial charge in [0.1, 0.15) is 5.82 Å². The molecule has 0 atom stereocenters. The SMILES string of the molecule is CCCOC(=O)CCCc1nc2cc(N(CCCl)CCCl)ccc2n1C. The van der Waals surface area contributed by atoms with Gasteiger partial charge in [-0.2, -0.15) is 0 Å². The number of benzene rings is 1. The van der Waals surface area contributed by atoms with Crippen molar-refractivity contribution in [3.05, 3.63) is 24.0 Å². The van der Waals surface area contributed by atoms with Crippen LogP contribution < -0.4 is 4.90 Å². The summed E-state index contributed by atoms with van der Waals surface area (Å²) >= 11 is 11.8. The summed E-state index contributed by atoms with van der Waals surface area (Å²) < 4.78 is 7.20. The highest BCUT2D eigenvalue weighted by Gasteiger charge is 2.12. The van der Waals surface area contributed by atoms with E-state index in [4.69, 9.17) is 32.9 Å². The summed E-state index contributed by atoms with van der Waals surface area (Å²) in [5.74, 6) is 1.94. The lowest BCUT2D eigenvalue weighted by atomic mass is 10.2. The first-order valence-electron chi connectivity index (χ1n) is 9.08. The molecule has 7 heteroatoms. The number of fused-ring (bicyclic) bond motifs is 1. The van der Waals surface area contributed by atoms with Crippen molar-refractivity contribution >= 4 is 45.9 Å². The first kappa shape index (κ1) is 20.8. The predicted molar refractivity (Wildman–Crippen MR) is 109 cm³/mol. The van der Waals surface area contributed by atoms with Gasteiger partial charge in [-0.15, -0.1) is 23.2 Å². The Morgan fingerprint density at radius 2 is 2.00 bits per heavy atom. The van der Waals surface area contributed by atoms with Gasteiger partial charge < -0.3 is 14.2 Å². The third-order valence-corrected chi connectivity index (χ3v) is 4.62. The molecule has 0 saturated heterocycles. The van der Waals surface area contributed by atoms with Crippen LogP contribution in [0.1, 0.15) is 32.0 Å². The Hall–Kier alpha value is -1.46. The first-order chi connectivity index (χ1) is 12.6. The fraction of sp³-hybridized carbons (Fsp3) is 0.579. The van der Waals surface area contributed by atoms with Gasteiger partial charge in [0.15, 0.2) is 0 Å². The molecule has 0 fully saturated rings. The van der Waals surface area contributed by atoms with E-state index in [0.29, 0.717) is 24.8 Å². The fourth-order valence-corrected chi connectivity index (χ4v) is 3.32. The van der Waals surface area contributed by atoms with Crippen LogP contribution in [0.3, 0.4) is 0 Å². The molecule has 1 aromatic carbocycles. The van der Waals surface area contributed by atoms with Crippen LogP contribution in [0.25, 0.3) is 11.0 Å². The van der Waals surface area contributed by atoms with E-state index in [1.807, 2.05) is 14.0 Å². The Morgan fingerprint density at radius 1 is 1.27 bits per heavy atom. The van der Waals surface area contributed by atoms with Gasteiger partial charge in [0.05, 0.1) is 17.6 Å². The average molecular weight is 400 g/mol. The summed E-state index contributed by atoms with van der Waals surface area (Å²) in [6.07, 6.45) is 2.75. The Labute approximate surface area is 165 Å². The van der Waals surface area contributed by atoms with Crippen molar-refractivity contribution in [1.82, 2.24) is 9.55 Å². The summed E-state index contributed by atoms with van der Waals surface area (Å²) in [4.78, 5) is 18.5. The van der Waals surface area contributed by atoms with Crippen LogP contribution in [0.4, 0.5) is 5.69 Å². The van der Waals surface area contributed by atoms with E-state index in [2.05, 4.69) is 27.7 Å². The molecule has 144 valence electrons. The Bertz CT molecular complexity index is 712. The van der Waals surface area contributed by atoms with Crippen molar-refractivity contribution in [2.75, 3.05) is 36.4 Å². The van der Waals surface area contributed by atoms with Crippen LogP contribution in [0, 0.1) is 0 Å². The molecule has 1 heterocycles. The van der Waals surface area contributed by atoms with Gasteiger partial charge in [0.2, 0.25) is 0 Å². The van der Waals surface area contributed by atoms with Crippen LogP contribution >= 0.6 is 23.2 Å². The highest BCUT2D eigenvalue weighted by molar-refractivity contribution is 6.18. The van der Waals surface area contributed by atoms with Crippen LogP contribution in [0.15, 0.2) is 18.2 Å². The van der Waals surface area contributed by atoms with Crippen molar-refractivity contribution < 1.29 is 9.53 Å². The summed E-state index contributed by atoms with van der Waals surface area (Å²) in [5.41, 5.74) is 3.10. The third-order valence-electron chi connectivity index (χ3n) is 4.28. The molecule has 26 heavy (non-hydrogen) atoms. The lowest BCUT2D eigenvalue weighted by Crippen LogP contribution is -2.27. The number of aryl methyl sites for hydroxylation is 2. The van der Waals surface area contributed by atoms with Crippen molar-refractivity contribution in [2.45, 2.75) is 32.6 Å². The number of anilines is 1. The Balaban J connectivity index is 2.07. The molecule has 0 saturated carbocycles. The largest absolute Gasteiger partial charge is 0.466 e. The minimum absolute atomic E-state index is 0.134. The second kappa shape index (κ2) is 10.6. The Morgan fingerprint density at radius 3 is 2.65 bits per heavy atom. The molecule has 0 aliphatic heterocycles. The van der Waals surface area contributed by atoms with Gasteiger partial charge in [-0.1, -0.05) is 6.92 Å². The number of hydrogen-bond acceptors (Lipinski definition) is 4. The van der Waals surface area contributed by atoms with Gasteiger partial charge in [-0.25, -0.2) is 4.98 Å². The normalized spacial score (nSPS) is 11.1. The standard InChI is InChI=1S/C19H27Cl2N3O2/c1-3-13-26-19(25)6-4-5-18-22-16-14-15(7-8-17(16)23(18)2)24(11-9-20)12-10-21/h7-8,14H,3-6,9-13H2,1-2H3. The van der Waals surface area contributed by atoms with E-state index in [9.17, 15) is 4.79 Å². The van der Waals surface area contributed by atoms with Crippen LogP contribution in [0.5, 0.6) is 0 Å². The maximum atomic E-state index is 11.6. The molecule has 0 unspecified atom stereocenters. The fourth-order valence-electron chi connectivity index (χ4n) is 2.91. The van der Waals surface area contributed by atoms with Crippen LogP contribution in [0.2, 0.25) is 0 Å². The molecule has 5 nitrogen and oxygen atoms in total. The summed E-state index contributed by atoms with van der Waals surface area (Å²) in [6.45, 7) is 3.98. The number of hydrogen-bond donors (Lipinski definition) is 0. The lowest BCUT2D eigenvalue weighted by molar-refractivity contribution is -0.143. The number of esters is 1. The summed E-state index contributed by atoms with van der Waals surface area (Å²) in [5, 5.41) is 0. The number of carbonyl (C=O) groups is 1. The number of alkyl halides is 2. The molecular formula is C19H27Cl2N3O2. The van der Waals surface area contributed by atoms with Gasteiger partial charge in [0.25, 0.3) is 0 Å². The minimum atomic E-state index is -0.134. The molecule has 1 aromatic heterocycles. The van der Waals surface area contributed by atoms with E-state index in [1.165, 1.54) is 0 Å². The quantitative estimate of drug-likeness (QED) is 0.420. The minimum Gasteiger partial charge on any atom is -0.466 e. The molecule has 0 spiro atoms.